The van der Waals surface area contributed by atoms with Crippen LogP contribution in [0.15, 0.2) is 48.6 Å². The largest absolute Gasteiger partial charge is 0.462 e. The van der Waals surface area contributed by atoms with E-state index in [2.05, 4.69) is 69.4 Å². The van der Waals surface area contributed by atoms with Crippen molar-refractivity contribution in [3.8, 4) is 0 Å². The first-order valence-electron chi connectivity index (χ1n) is 33.1. The summed E-state index contributed by atoms with van der Waals surface area (Å²) >= 11 is 0. The molecule has 0 aromatic carbocycles. The molecule has 0 aliphatic carbocycles. The van der Waals surface area contributed by atoms with E-state index in [1.54, 1.807) is 0 Å². The van der Waals surface area contributed by atoms with E-state index < -0.39 is 6.10 Å². The van der Waals surface area contributed by atoms with Gasteiger partial charge in [-0.3, -0.25) is 14.4 Å². The Hall–Kier alpha value is -2.63. The van der Waals surface area contributed by atoms with E-state index in [0.29, 0.717) is 19.3 Å². The van der Waals surface area contributed by atoms with Gasteiger partial charge in [-0.25, -0.2) is 0 Å². The van der Waals surface area contributed by atoms with Gasteiger partial charge in [-0.2, -0.15) is 0 Å². The second-order valence-corrected chi connectivity index (χ2v) is 22.4. The van der Waals surface area contributed by atoms with E-state index in [9.17, 15) is 14.4 Å². The van der Waals surface area contributed by atoms with Gasteiger partial charge in [0.05, 0.1) is 0 Å². The highest BCUT2D eigenvalue weighted by atomic mass is 16.6. The second-order valence-electron chi connectivity index (χ2n) is 22.4. The van der Waals surface area contributed by atoms with Crippen LogP contribution in [0.25, 0.3) is 0 Å². The van der Waals surface area contributed by atoms with Gasteiger partial charge in [0.15, 0.2) is 6.10 Å². The maximum Gasteiger partial charge on any atom is 0.306 e. The molecule has 0 saturated carbocycles. The highest BCUT2D eigenvalue weighted by molar-refractivity contribution is 5.71. The van der Waals surface area contributed by atoms with Crippen LogP contribution in [-0.4, -0.2) is 37.2 Å². The van der Waals surface area contributed by atoms with Gasteiger partial charge in [0.25, 0.3) is 0 Å². The number of rotatable bonds is 61. The Balaban J connectivity index is 4.16. The van der Waals surface area contributed by atoms with Gasteiger partial charge in [0, 0.05) is 19.3 Å². The van der Waals surface area contributed by atoms with E-state index in [-0.39, 0.29) is 31.1 Å². The first kappa shape index (κ1) is 72.4. The average molecular weight is 1050 g/mol. The van der Waals surface area contributed by atoms with Crippen LogP contribution in [-0.2, 0) is 28.6 Å². The van der Waals surface area contributed by atoms with E-state index in [1.807, 2.05) is 0 Å². The smallest absolute Gasteiger partial charge is 0.306 e. The molecule has 438 valence electrons. The molecular weight excluding hydrogens is 925 g/mol. The van der Waals surface area contributed by atoms with Crippen molar-refractivity contribution in [3.63, 3.8) is 0 Å². The third-order valence-electron chi connectivity index (χ3n) is 14.8. The normalized spacial score (nSPS) is 12.3. The number of hydrogen-bond donors (Lipinski definition) is 0. The average Bonchev–Trinajstić information content (AvgIpc) is 3.41. The van der Waals surface area contributed by atoms with Crippen molar-refractivity contribution in [1.82, 2.24) is 0 Å². The molecule has 0 heterocycles. The summed E-state index contributed by atoms with van der Waals surface area (Å²) in [4.78, 5) is 38.3. The van der Waals surface area contributed by atoms with Crippen molar-refractivity contribution >= 4 is 17.9 Å². The molecule has 0 fully saturated rings. The number of ether oxygens (including phenoxy) is 3. The molecule has 6 nitrogen and oxygen atoms in total. The topological polar surface area (TPSA) is 78.9 Å². The minimum absolute atomic E-state index is 0.0658. The third-order valence-corrected chi connectivity index (χ3v) is 14.8. The minimum Gasteiger partial charge on any atom is -0.462 e. The van der Waals surface area contributed by atoms with Crippen LogP contribution < -0.4 is 0 Å². The number of allylic oxidation sites excluding steroid dienone is 8. The lowest BCUT2D eigenvalue weighted by molar-refractivity contribution is -0.167. The Morgan fingerprint density at radius 3 is 0.813 bits per heavy atom. The van der Waals surface area contributed by atoms with Gasteiger partial charge in [0.2, 0.25) is 0 Å². The fourth-order valence-electron chi connectivity index (χ4n) is 9.91. The molecule has 6 heteroatoms. The summed E-state index contributed by atoms with van der Waals surface area (Å²) in [7, 11) is 0. The lowest BCUT2D eigenvalue weighted by Crippen LogP contribution is -2.30. The predicted octanol–water partition coefficient (Wildman–Crippen LogP) is 22.6. The Kier molecular flexibility index (Phi) is 61.7. The van der Waals surface area contributed by atoms with Gasteiger partial charge in [-0.15, -0.1) is 0 Å². The molecule has 0 N–H and O–H groups in total. The minimum atomic E-state index is -0.767. The van der Waals surface area contributed by atoms with Gasteiger partial charge >= 0.3 is 17.9 Å². The molecular formula is C69H126O6. The van der Waals surface area contributed by atoms with Gasteiger partial charge in [-0.05, 0) is 57.8 Å². The molecule has 1 unspecified atom stereocenters. The van der Waals surface area contributed by atoms with Gasteiger partial charge < -0.3 is 14.2 Å². The standard InChI is InChI=1S/C69H126O6/c1-4-7-10-13-16-19-22-25-27-29-30-31-32-33-34-35-36-37-38-39-40-41-43-44-47-50-53-56-59-62-68(71)74-65-66(64-73-67(70)61-58-55-52-49-46-24-21-18-15-12-9-6-3)75-69(72)63-60-57-54-51-48-45-42-28-26-23-20-17-14-11-8-5-2/h7,10,16,19,25,27,30-31,66H,4-6,8-9,11-15,17-18,20-24,26,28-29,32-65H2,1-3H3/b10-7-,19-16-,27-25-,31-30-. The highest BCUT2D eigenvalue weighted by Crippen LogP contribution is 2.18. The van der Waals surface area contributed by atoms with Crippen molar-refractivity contribution < 1.29 is 28.6 Å². The lowest BCUT2D eigenvalue weighted by atomic mass is 10.0. The van der Waals surface area contributed by atoms with Crippen molar-refractivity contribution in [1.29, 1.82) is 0 Å². The maximum absolute atomic E-state index is 12.9. The van der Waals surface area contributed by atoms with E-state index in [4.69, 9.17) is 14.2 Å². The molecule has 0 aliphatic rings. The maximum atomic E-state index is 12.9. The number of esters is 3. The lowest BCUT2D eigenvalue weighted by Gasteiger charge is -2.18. The van der Waals surface area contributed by atoms with Crippen LogP contribution in [0.5, 0.6) is 0 Å². The van der Waals surface area contributed by atoms with Crippen LogP contribution in [0.2, 0.25) is 0 Å². The first-order chi connectivity index (χ1) is 37.0. The molecule has 0 rings (SSSR count). The van der Waals surface area contributed by atoms with E-state index in [0.717, 1.165) is 83.5 Å². The summed E-state index contributed by atoms with van der Waals surface area (Å²) in [5.41, 5.74) is 0. The van der Waals surface area contributed by atoms with E-state index >= 15 is 0 Å². The molecule has 0 radical (unpaired) electrons. The first-order valence-corrected chi connectivity index (χ1v) is 33.1. The Morgan fingerprint density at radius 2 is 0.520 bits per heavy atom. The number of carbonyl (C=O) groups excluding carboxylic acids is 3. The highest BCUT2D eigenvalue weighted by Gasteiger charge is 2.19. The second kappa shape index (κ2) is 63.9. The summed E-state index contributed by atoms with van der Waals surface area (Å²) in [6.07, 6.45) is 79.9. The van der Waals surface area contributed by atoms with Crippen molar-refractivity contribution in [2.75, 3.05) is 13.2 Å². The van der Waals surface area contributed by atoms with Crippen molar-refractivity contribution in [3.05, 3.63) is 48.6 Å². The zero-order valence-electron chi connectivity index (χ0n) is 50.3. The van der Waals surface area contributed by atoms with Crippen LogP contribution in [0.1, 0.15) is 355 Å². The van der Waals surface area contributed by atoms with Crippen molar-refractivity contribution in [2.45, 2.75) is 361 Å². The molecule has 75 heavy (non-hydrogen) atoms. The quantitative estimate of drug-likeness (QED) is 0.0261. The molecule has 0 aromatic rings. The fraction of sp³-hybridized carbons (Fsp3) is 0.841. The monoisotopic (exact) mass is 1050 g/mol. The van der Waals surface area contributed by atoms with Crippen molar-refractivity contribution in [2.24, 2.45) is 0 Å². The SMILES string of the molecule is CC/C=C\C/C=C\C/C=C\C/C=C\CCCCCCCCCCCCCCCCCCC(=O)OCC(COC(=O)CCCCCCCCCCCCCC)OC(=O)CCCCCCCCCCCCCCCCCC. The van der Waals surface area contributed by atoms with Crippen LogP contribution in [0.3, 0.4) is 0 Å². The zero-order valence-corrected chi connectivity index (χ0v) is 50.3. The third kappa shape index (κ3) is 62.1. The predicted molar refractivity (Wildman–Crippen MR) is 325 cm³/mol. The number of unbranched alkanes of at least 4 members (excludes halogenated alkanes) is 42. The molecule has 1 atom stereocenters. The molecule has 0 amide bonds. The summed E-state index contributed by atoms with van der Waals surface area (Å²) in [6.45, 7) is 6.58. The number of carbonyl (C=O) groups is 3. The molecule has 0 aromatic heterocycles. The van der Waals surface area contributed by atoms with Crippen LogP contribution in [0, 0.1) is 0 Å². The zero-order chi connectivity index (χ0) is 54.3. The number of hydrogen-bond acceptors (Lipinski definition) is 6. The Bertz CT molecular complexity index is 1300. The summed E-state index contributed by atoms with van der Waals surface area (Å²) in [6, 6.07) is 0. The van der Waals surface area contributed by atoms with Gasteiger partial charge in [-0.1, -0.05) is 326 Å². The molecule has 0 bridgehead atoms. The van der Waals surface area contributed by atoms with Gasteiger partial charge in [0.1, 0.15) is 13.2 Å². The Morgan fingerprint density at radius 1 is 0.280 bits per heavy atom. The Labute approximate surface area is 467 Å². The summed E-state index contributed by atoms with van der Waals surface area (Å²) < 4.78 is 16.9. The van der Waals surface area contributed by atoms with Crippen LogP contribution >= 0.6 is 0 Å². The van der Waals surface area contributed by atoms with Crippen LogP contribution in [0.4, 0.5) is 0 Å². The molecule has 0 spiro atoms. The van der Waals surface area contributed by atoms with E-state index in [1.165, 1.54) is 231 Å². The summed E-state index contributed by atoms with van der Waals surface area (Å²) in [5.74, 6) is -0.840. The molecule has 0 saturated heterocycles. The fourth-order valence-corrected chi connectivity index (χ4v) is 9.91. The summed E-state index contributed by atoms with van der Waals surface area (Å²) in [5, 5.41) is 0. The molecule has 0 aliphatic heterocycles.